The molecule has 0 aromatic heterocycles. The summed E-state index contributed by atoms with van der Waals surface area (Å²) in [6, 6.07) is 15.2. The maximum Gasteiger partial charge on any atom is 0.350 e. The number of amides is 1. The van der Waals surface area contributed by atoms with E-state index in [4.69, 9.17) is 21.6 Å². The summed E-state index contributed by atoms with van der Waals surface area (Å²) in [5.74, 6) is -1.08. The summed E-state index contributed by atoms with van der Waals surface area (Å²) in [5.41, 5.74) is 1.18. The van der Waals surface area contributed by atoms with E-state index in [0.29, 0.717) is 22.0 Å². The van der Waals surface area contributed by atoms with Crippen LogP contribution in [0.4, 0.5) is 11.4 Å². The molecule has 2 aromatic rings. The fourth-order valence-corrected chi connectivity index (χ4v) is 2.16. The first kappa shape index (κ1) is 19.0. The van der Waals surface area contributed by atoms with E-state index >= 15 is 0 Å². The zero-order valence-electron chi connectivity index (χ0n) is 14.0. The lowest BCUT2D eigenvalue weighted by Crippen LogP contribution is -2.14. The molecule has 0 radical (unpaired) electrons. The second-order valence-corrected chi connectivity index (χ2v) is 5.48. The third-order valence-electron chi connectivity index (χ3n) is 3.26. The van der Waals surface area contributed by atoms with Crippen LogP contribution in [-0.2, 0) is 9.53 Å². The summed E-state index contributed by atoms with van der Waals surface area (Å²) in [6.07, 6.45) is 1.21. The molecule has 7 heteroatoms. The van der Waals surface area contributed by atoms with E-state index in [1.807, 2.05) is 0 Å². The number of carbonyl (C=O) groups is 2. The van der Waals surface area contributed by atoms with Crippen LogP contribution in [-0.4, -0.2) is 18.5 Å². The number of rotatable bonds is 6. The van der Waals surface area contributed by atoms with Gasteiger partial charge in [-0.2, -0.15) is 5.26 Å². The molecule has 0 aliphatic rings. The highest BCUT2D eigenvalue weighted by Gasteiger charge is 2.13. The molecule has 132 valence electrons. The molecule has 0 unspecified atom stereocenters. The van der Waals surface area contributed by atoms with Crippen molar-refractivity contribution < 1.29 is 14.3 Å². The number of benzene rings is 2. The van der Waals surface area contributed by atoms with Crippen LogP contribution in [0.15, 0.2) is 60.3 Å². The molecule has 0 saturated heterocycles. The van der Waals surface area contributed by atoms with Crippen LogP contribution < -0.4 is 10.6 Å². The minimum Gasteiger partial charge on any atom is -0.462 e. The number of anilines is 2. The van der Waals surface area contributed by atoms with E-state index < -0.39 is 5.97 Å². The monoisotopic (exact) mass is 369 g/mol. The summed E-state index contributed by atoms with van der Waals surface area (Å²) < 4.78 is 4.79. The molecule has 0 spiro atoms. The molecule has 0 atom stereocenters. The van der Waals surface area contributed by atoms with Gasteiger partial charge < -0.3 is 15.4 Å². The lowest BCUT2D eigenvalue weighted by Gasteiger charge is -2.10. The Kier molecular flexibility index (Phi) is 6.77. The number of para-hydroxylation sites is 1. The SMILES string of the molecule is CCOC(=O)/C(C#N)=C/Nc1ccccc1C(=O)Nc1ccc(Cl)cc1. The molecule has 0 heterocycles. The predicted octanol–water partition coefficient (Wildman–Crippen LogP) is 3.97. The minimum absolute atomic E-state index is 0.165. The van der Waals surface area contributed by atoms with E-state index in [9.17, 15) is 9.59 Å². The van der Waals surface area contributed by atoms with Crippen LogP contribution in [0, 0.1) is 11.3 Å². The Bertz CT molecular complexity index is 870. The Morgan fingerprint density at radius 1 is 1.19 bits per heavy atom. The molecule has 26 heavy (non-hydrogen) atoms. The molecular weight excluding hydrogens is 354 g/mol. The van der Waals surface area contributed by atoms with E-state index in [-0.39, 0.29) is 18.1 Å². The quantitative estimate of drug-likeness (QED) is 0.456. The average Bonchev–Trinajstić information content (AvgIpc) is 2.64. The second kappa shape index (κ2) is 9.25. The highest BCUT2D eigenvalue weighted by Crippen LogP contribution is 2.19. The summed E-state index contributed by atoms with van der Waals surface area (Å²) in [6.45, 7) is 1.81. The highest BCUT2D eigenvalue weighted by atomic mass is 35.5. The Morgan fingerprint density at radius 2 is 1.88 bits per heavy atom. The number of nitrogens with one attached hydrogen (secondary N) is 2. The number of nitrogens with zero attached hydrogens (tertiary/aromatic N) is 1. The molecule has 0 fully saturated rings. The molecule has 2 aromatic carbocycles. The fourth-order valence-electron chi connectivity index (χ4n) is 2.03. The van der Waals surface area contributed by atoms with Gasteiger partial charge in [-0.15, -0.1) is 0 Å². The van der Waals surface area contributed by atoms with E-state index in [1.54, 1.807) is 61.5 Å². The number of carbonyl (C=O) groups excluding carboxylic acids is 2. The summed E-state index contributed by atoms with van der Waals surface area (Å²) in [7, 11) is 0. The zero-order chi connectivity index (χ0) is 18.9. The maximum absolute atomic E-state index is 12.5. The third-order valence-corrected chi connectivity index (χ3v) is 3.51. The number of ether oxygens (including phenoxy) is 1. The third kappa shape index (κ3) is 5.10. The first-order valence-corrected chi connectivity index (χ1v) is 8.12. The van der Waals surface area contributed by atoms with Crippen molar-refractivity contribution in [2.24, 2.45) is 0 Å². The highest BCUT2D eigenvalue weighted by molar-refractivity contribution is 6.30. The Balaban J connectivity index is 2.19. The Labute approximate surface area is 156 Å². The average molecular weight is 370 g/mol. The molecule has 0 aliphatic heterocycles. The molecular formula is C19H16ClN3O3. The van der Waals surface area contributed by atoms with Crippen molar-refractivity contribution in [1.82, 2.24) is 0 Å². The van der Waals surface area contributed by atoms with Crippen LogP contribution >= 0.6 is 11.6 Å². The van der Waals surface area contributed by atoms with E-state index in [2.05, 4.69) is 10.6 Å². The van der Waals surface area contributed by atoms with Gasteiger partial charge in [0.25, 0.3) is 5.91 Å². The van der Waals surface area contributed by atoms with Gasteiger partial charge in [0.15, 0.2) is 5.57 Å². The molecule has 0 bridgehead atoms. The van der Waals surface area contributed by atoms with Crippen molar-refractivity contribution in [2.45, 2.75) is 6.92 Å². The number of nitriles is 1. The molecule has 2 rings (SSSR count). The molecule has 0 saturated carbocycles. The van der Waals surface area contributed by atoms with Crippen LogP contribution in [0.2, 0.25) is 5.02 Å². The van der Waals surface area contributed by atoms with Gasteiger partial charge in [0.1, 0.15) is 6.07 Å². The lowest BCUT2D eigenvalue weighted by atomic mass is 10.1. The maximum atomic E-state index is 12.5. The van der Waals surface area contributed by atoms with Gasteiger partial charge >= 0.3 is 5.97 Å². The number of hydrogen-bond acceptors (Lipinski definition) is 5. The number of halogens is 1. The van der Waals surface area contributed by atoms with Gasteiger partial charge in [0, 0.05) is 16.9 Å². The summed E-state index contributed by atoms with van der Waals surface area (Å²) in [5, 5.41) is 15.2. The Hall–Kier alpha value is -3.30. The second-order valence-electron chi connectivity index (χ2n) is 5.04. The largest absolute Gasteiger partial charge is 0.462 e. The van der Waals surface area contributed by atoms with Crippen molar-refractivity contribution in [1.29, 1.82) is 5.26 Å². The molecule has 6 nitrogen and oxygen atoms in total. The van der Waals surface area contributed by atoms with Gasteiger partial charge in [0.05, 0.1) is 17.9 Å². The summed E-state index contributed by atoms with van der Waals surface area (Å²) in [4.78, 5) is 24.1. The van der Waals surface area contributed by atoms with Crippen molar-refractivity contribution in [2.75, 3.05) is 17.2 Å². The number of esters is 1. The number of hydrogen-bond donors (Lipinski definition) is 2. The van der Waals surface area contributed by atoms with Crippen molar-refractivity contribution in [3.8, 4) is 6.07 Å². The van der Waals surface area contributed by atoms with Gasteiger partial charge in [0.2, 0.25) is 0 Å². The predicted molar refractivity (Wildman–Crippen MR) is 99.8 cm³/mol. The van der Waals surface area contributed by atoms with Gasteiger partial charge in [-0.25, -0.2) is 4.79 Å². The smallest absolute Gasteiger partial charge is 0.350 e. The van der Waals surface area contributed by atoms with Crippen LogP contribution in [0.25, 0.3) is 0 Å². The van der Waals surface area contributed by atoms with Gasteiger partial charge in [-0.3, -0.25) is 4.79 Å². The summed E-state index contributed by atoms with van der Waals surface area (Å²) >= 11 is 5.83. The standard InChI is InChI=1S/C19H16ClN3O3/c1-2-26-19(25)13(11-21)12-22-17-6-4-3-5-16(17)18(24)23-15-9-7-14(20)8-10-15/h3-10,12,22H,2H2,1H3,(H,23,24)/b13-12+. The molecule has 2 N–H and O–H groups in total. The zero-order valence-corrected chi connectivity index (χ0v) is 14.7. The topological polar surface area (TPSA) is 91.2 Å². The molecule has 1 amide bonds. The lowest BCUT2D eigenvalue weighted by molar-refractivity contribution is -0.138. The van der Waals surface area contributed by atoms with Crippen LogP contribution in [0.5, 0.6) is 0 Å². The first-order valence-electron chi connectivity index (χ1n) is 7.75. The van der Waals surface area contributed by atoms with E-state index in [1.165, 1.54) is 6.20 Å². The van der Waals surface area contributed by atoms with Crippen LogP contribution in [0.1, 0.15) is 17.3 Å². The van der Waals surface area contributed by atoms with Crippen molar-refractivity contribution >= 4 is 34.9 Å². The van der Waals surface area contributed by atoms with Gasteiger partial charge in [-0.1, -0.05) is 23.7 Å². The fraction of sp³-hybridized carbons (Fsp3) is 0.105. The van der Waals surface area contributed by atoms with Crippen molar-refractivity contribution in [3.63, 3.8) is 0 Å². The minimum atomic E-state index is -0.731. The van der Waals surface area contributed by atoms with Crippen molar-refractivity contribution in [3.05, 3.63) is 70.9 Å². The first-order chi connectivity index (χ1) is 12.5. The molecule has 0 aliphatic carbocycles. The Morgan fingerprint density at radius 3 is 2.54 bits per heavy atom. The normalized spacial score (nSPS) is 10.6. The van der Waals surface area contributed by atoms with Crippen LogP contribution in [0.3, 0.4) is 0 Å². The van der Waals surface area contributed by atoms with E-state index in [0.717, 1.165) is 0 Å². The van der Waals surface area contributed by atoms with Gasteiger partial charge in [-0.05, 0) is 43.3 Å².